The smallest absolute Gasteiger partial charge is 0.127 e. The lowest BCUT2D eigenvalue weighted by molar-refractivity contribution is -0.108. The highest BCUT2D eigenvalue weighted by molar-refractivity contribution is 6.31. The van der Waals surface area contributed by atoms with Crippen LogP contribution in [0.5, 0.6) is 0 Å². The van der Waals surface area contributed by atoms with Crippen LogP contribution < -0.4 is 0 Å². The topological polar surface area (TPSA) is 17.1 Å². The van der Waals surface area contributed by atoms with Crippen LogP contribution in [-0.2, 0) is 4.79 Å². The van der Waals surface area contributed by atoms with Crippen molar-refractivity contribution in [2.45, 2.75) is 26.2 Å². The number of aldehydes is 1. The fourth-order valence-corrected chi connectivity index (χ4v) is 1.45. The van der Waals surface area contributed by atoms with Crippen molar-refractivity contribution in [3.05, 3.63) is 34.1 Å². The SMILES string of the molecule is Cc1c(F)cc(C(C)CC=O)cc1Cl. The van der Waals surface area contributed by atoms with E-state index < -0.39 is 0 Å². The van der Waals surface area contributed by atoms with Crippen LogP contribution in [0.1, 0.15) is 30.4 Å². The van der Waals surface area contributed by atoms with Crippen molar-refractivity contribution in [1.29, 1.82) is 0 Å². The highest BCUT2D eigenvalue weighted by Crippen LogP contribution is 2.26. The molecule has 0 bridgehead atoms. The standard InChI is InChI=1S/C11H12ClFO/c1-7(3-4-14)9-5-10(12)8(2)11(13)6-9/h4-7H,3H2,1-2H3. The molecule has 76 valence electrons. The molecule has 0 saturated carbocycles. The van der Waals surface area contributed by atoms with E-state index >= 15 is 0 Å². The van der Waals surface area contributed by atoms with Gasteiger partial charge in [0.15, 0.2) is 0 Å². The first-order chi connectivity index (χ1) is 6.56. The van der Waals surface area contributed by atoms with Gasteiger partial charge in [0.25, 0.3) is 0 Å². The molecular formula is C11H12ClFO. The fraction of sp³-hybridized carbons (Fsp3) is 0.364. The molecular weight excluding hydrogens is 203 g/mol. The van der Waals surface area contributed by atoms with Gasteiger partial charge in [-0.15, -0.1) is 0 Å². The Morgan fingerprint density at radius 3 is 2.71 bits per heavy atom. The number of rotatable bonds is 3. The van der Waals surface area contributed by atoms with Gasteiger partial charge in [-0.2, -0.15) is 0 Å². The zero-order valence-electron chi connectivity index (χ0n) is 8.18. The molecule has 0 aliphatic heterocycles. The molecule has 3 heteroatoms. The number of benzene rings is 1. The highest BCUT2D eigenvalue weighted by atomic mass is 35.5. The van der Waals surface area contributed by atoms with E-state index in [-0.39, 0.29) is 11.7 Å². The van der Waals surface area contributed by atoms with E-state index in [9.17, 15) is 9.18 Å². The van der Waals surface area contributed by atoms with E-state index in [1.54, 1.807) is 13.0 Å². The third-order valence-corrected chi connectivity index (χ3v) is 2.71. The quantitative estimate of drug-likeness (QED) is 0.704. The van der Waals surface area contributed by atoms with Crippen molar-refractivity contribution in [1.82, 2.24) is 0 Å². The molecule has 1 aromatic rings. The minimum absolute atomic E-state index is 0.0140. The van der Waals surface area contributed by atoms with Gasteiger partial charge in [-0.3, -0.25) is 0 Å². The molecule has 1 nitrogen and oxygen atoms in total. The lowest BCUT2D eigenvalue weighted by Crippen LogP contribution is -1.97. The van der Waals surface area contributed by atoms with Gasteiger partial charge in [0, 0.05) is 17.0 Å². The molecule has 0 fully saturated rings. The van der Waals surface area contributed by atoms with Gasteiger partial charge >= 0.3 is 0 Å². The van der Waals surface area contributed by atoms with Crippen LogP contribution in [0, 0.1) is 12.7 Å². The number of hydrogen-bond donors (Lipinski definition) is 0. The average Bonchev–Trinajstić information content (AvgIpc) is 2.13. The minimum Gasteiger partial charge on any atom is -0.303 e. The lowest BCUT2D eigenvalue weighted by atomic mass is 9.97. The summed E-state index contributed by atoms with van der Waals surface area (Å²) in [6, 6.07) is 3.16. The second kappa shape index (κ2) is 4.56. The van der Waals surface area contributed by atoms with Gasteiger partial charge in [0.2, 0.25) is 0 Å². The van der Waals surface area contributed by atoms with Gasteiger partial charge in [0.05, 0.1) is 0 Å². The number of carbonyl (C=O) groups is 1. The molecule has 0 aliphatic rings. The second-order valence-electron chi connectivity index (χ2n) is 3.41. The number of hydrogen-bond acceptors (Lipinski definition) is 1. The molecule has 1 unspecified atom stereocenters. The maximum absolute atomic E-state index is 13.3. The Labute approximate surface area is 87.9 Å². The Hall–Kier alpha value is -0.890. The van der Waals surface area contributed by atoms with Crippen LogP contribution in [0.3, 0.4) is 0 Å². The van der Waals surface area contributed by atoms with Gasteiger partial charge in [0.1, 0.15) is 12.1 Å². The molecule has 1 aromatic carbocycles. The summed E-state index contributed by atoms with van der Waals surface area (Å²) in [7, 11) is 0. The van der Waals surface area contributed by atoms with E-state index in [4.69, 9.17) is 11.6 Å². The van der Waals surface area contributed by atoms with Gasteiger partial charge in [-0.05, 0) is 30.5 Å². The Morgan fingerprint density at radius 2 is 2.21 bits per heavy atom. The first-order valence-electron chi connectivity index (χ1n) is 4.45. The molecule has 1 atom stereocenters. The van der Waals surface area contributed by atoms with E-state index in [1.807, 2.05) is 6.92 Å². The summed E-state index contributed by atoms with van der Waals surface area (Å²) >= 11 is 5.84. The van der Waals surface area contributed by atoms with Crippen molar-refractivity contribution in [3.8, 4) is 0 Å². The Balaban J connectivity index is 3.05. The summed E-state index contributed by atoms with van der Waals surface area (Å²) in [5, 5.41) is 0.415. The number of carbonyl (C=O) groups excluding carboxylic acids is 1. The Bertz CT molecular complexity index is 326. The van der Waals surface area contributed by atoms with Crippen molar-refractivity contribution < 1.29 is 9.18 Å². The molecule has 0 N–H and O–H groups in total. The van der Waals surface area contributed by atoms with Crippen LogP contribution in [0.15, 0.2) is 12.1 Å². The molecule has 0 radical (unpaired) electrons. The first kappa shape index (κ1) is 11.2. The monoisotopic (exact) mass is 214 g/mol. The van der Waals surface area contributed by atoms with Gasteiger partial charge < -0.3 is 4.79 Å². The molecule has 14 heavy (non-hydrogen) atoms. The van der Waals surface area contributed by atoms with Gasteiger partial charge in [-0.25, -0.2) is 4.39 Å². The van der Waals surface area contributed by atoms with E-state index in [1.165, 1.54) is 6.07 Å². The van der Waals surface area contributed by atoms with Crippen molar-refractivity contribution >= 4 is 17.9 Å². The average molecular weight is 215 g/mol. The maximum Gasteiger partial charge on any atom is 0.127 e. The number of halogens is 2. The predicted molar refractivity (Wildman–Crippen MR) is 55.2 cm³/mol. The van der Waals surface area contributed by atoms with Crippen LogP contribution in [0.4, 0.5) is 4.39 Å². The van der Waals surface area contributed by atoms with E-state index in [0.717, 1.165) is 11.8 Å². The molecule has 0 amide bonds. The predicted octanol–water partition coefficient (Wildman–Crippen LogP) is 3.48. The third-order valence-electron chi connectivity index (χ3n) is 2.32. The second-order valence-corrected chi connectivity index (χ2v) is 3.82. The fourth-order valence-electron chi connectivity index (χ4n) is 1.23. The summed E-state index contributed by atoms with van der Waals surface area (Å²) < 4.78 is 13.3. The summed E-state index contributed by atoms with van der Waals surface area (Å²) in [5.41, 5.74) is 1.22. The highest BCUT2D eigenvalue weighted by Gasteiger charge is 2.10. The van der Waals surface area contributed by atoms with Crippen molar-refractivity contribution in [3.63, 3.8) is 0 Å². The van der Waals surface area contributed by atoms with Crippen molar-refractivity contribution in [2.75, 3.05) is 0 Å². The summed E-state index contributed by atoms with van der Waals surface area (Å²) in [6.07, 6.45) is 1.22. The summed E-state index contributed by atoms with van der Waals surface area (Å²) in [4.78, 5) is 10.3. The van der Waals surface area contributed by atoms with E-state index in [0.29, 0.717) is 17.0 Å². The summed E-state index contributed by atoms with van der Waals surface area (Å²) in [6.45, 7) is 3.50. The van der Waals surface area contributed by atoms with Crippen LogP contribution in [0.25, 0.3) is 0 Å². The van der Waals surface area contributed by atoms with Crippen LogP contribution >= 0.6 is 11.6 Å². The maximum atomic E-state index is 13.3. The molecule has 0 aromatic heterocycles. The Kier molecular flexibility index (Phi) is 3.64. The molecule has 0 heterocycles. The normalized spacial score (nSPS) is 12.6. The minimum atomic E-state index is -0.315. The van der Waals surface area contributed by atoms with Crippen molar-refractivity contribution in [2.24, 2.45) is 0 Å². The molecule has 0 aliphatic carbocycles. The largest absolute Gasteiger partial charge is 0.303 e. The Morgan fingerprint density at radius 1 is 1.57 bits per heavy atom. The van der Waals surface area contributed by atoms with Crippen LogP contribution in [-0.4, -0.2) is 6.29 Å². The van der Waals surface area contributed by atoms with E-state index in [2.05, 4.69) is 0 Å². The summed E-state index contributed by atoms with van der Waals surface area (Å²) in [5.74, 6) is -0.301. The third kappa shape index (κ3) is 2.32. The zero-order chi connectivity index (χ0) is 10.7. The van der Waals surface area contributed by atoms with Gasteiger partial charge in [-0.1, -0.05) is 18.5 Å². The molecule has 0 spiro atoms. The molecule has 0 saturated heterocycles. The zero-order valence-corrected chi connectivity index (χ0v) is 8.94. The van der Waals surface area contributed by atoms with Crippen LogP contribution in [0.2, 0.25) is 5.02 Å². The first-order valence-corrected chi connectivity index (χ1v) is 4.83. The lowest BCUT2D eigenvalue weighted by Gasteiger charge is -2.10. The molecule has 1 rings (SSSR count).